The Morgan fingerprint density at radius 1 is 1.43 bits per heavy atom. The molecule has 0 fully saturated rings. The molecule has 2 unspecified atom stereocenters. The number of rotatable bonds is 6. The second kappa shape index (κ2) is 8.82. The topological polar surface area (TPSA) is 137 Å². The van der Waals surface area contributed by atoms with Gasteiger partial charge in [0.25, 0.3) is 0 Å². The van der Waals surface area contributed by atoms with E-state index in [1.54, 1.807) is 6.07 Å². The Hall–Kier alpha value is -2.96. The van der Waals surface area contributed by atoms with Crippen LogP contribution in [0.1, 0.15) is 22.1 Å². The SMILES string of the molecule is O=C(NCc1cccc(F)c1)Nc1nc(C(c2cnc(=O)[nH]c2)S(=O)O)cs1. The van der Waals surface area contributed by atoms with E-state index in [0.717, 1.165) is 11.3 Å². The van der Waals surface area contributed by atoms with Crippen LogP contribution in [0.5, 0.6) is 0 Å². The van der Waals surface area contributed by atoms with Crippen LogP contribution >= 0.6 is 11.3 Å². The number of anilines is 1. The van der Waals surface area contributed by atoms with E-state index >= 15 is 0 Å². The van der Waals surface area contributed by atoms with Crippen LogP contribution in [-0.4, -0.2) is 29.7 Å². The molecular weight excluding hydrogens is 409 g/mol. The lowest BCUT2D eigenvalue weighted by atomic mass is 10.2. The molecule has 4 N–H and O–H groups in total. The van der Waals surface area contributed by atoms with Crippen molar-refractivity contribution in [2.45, 2.75) is 11.8 Å². The molecule has 0 aliphatic rings. The first kappa shape index (κ1) is 19.8. The molecule has 0 aliphatic carbocycles. The first-order chi connectivity index (χ1) is 13.4. The zero-order valence-corrected chi connectivity index (χ0v) is 15.7. The number of aromatic amines is 1. The van der Waals surface area contributed by atoms with Crippen molar-refractivity contribution in [3.8, 4) is 0 Å². The Labute approximate surface area is 164 Å². The highest BCUT2D eigenvalue weighted by molar-refractivity contribution is 7.79. The van der Waals surface area contributed by atoms with Gasteiger partial charge in [0.2, 0.25) is 0 Å². The summed E-state index contributed by atoms with van der Waals surface area (Å²) in [6.45, 7) is 0.119. The summed E-state index contributed by atoms with van der Waals surface area (Å²) in [6.07, 6.45) is 2.47. The Balaban J connectivity index is 1.66. The third-order valence-corrected chi connectivity index (χ3v) is 5.24. The minimum atomic E-state index is -2.32. The highest BCUT2D eigenvalue weighted by atomic mass is 32.2. The number of hydrogen-bond acceptors (Lipinski definition) is 6. The van der Waals surface area contributed by atoms with Crippen molar-refractivity contribution in [1.82, 2.24) is 20.3 Å². The third kappa shape index (κ3) is 5.06. The molecule has 2 heterocycles. The van der Waals surface area contributed by atoms with E-state index in [-0.39, 0.29) is 17.4 Å². The predicted octanol–water partition coefficient (Wildman–Crippen LogP) is 2.00. The Morgan fingerprint density at radius 2 is 2.25 bits per heavy atom. The molecule has 3 rings (SSSR count). The summed E-state index contributed by atoms with van der Waals surface area (Å²) in [5, 5.41) is 5.77. The fourth-order valence-corrected chi connectivity index (χ4v) is 3.83. The van der Waals surface area contributed by atoms with Crippen molar-refractivity contribution in [2.24, 2.45) is 0 Å². The third-order valence-electron chi connectivity index (χ3n) is 3.55. The largest absolute Gasteiger partial charge is 0.344 e. The highest BCUT2D eigenvalue weighted by Gasteiger charge is 2.24. The summed E-state index contributed by atoms with van der Waals surface area (Å²) >= 11 is -1.26. The summed E-state index contributed by atoms with van der Waals surface area (Å²) in [5.41, 5.74) is 0.547. The molecule has 2 amide bonds. The minimum absolute atomic E-state index is 0.119. The van der Waals surface area contributed by atoms with Gasteiger partial charge < -0.3 is 14.9 Å². The summed E-state index contributed by atoms with van der Waals surface area (Å²) in [5.74, 6) is -0.399. The molecule has 146 valence electrons. The van der Waals surface area contributed by atoms with Gasteiger partial charge in [0.05, 0.1) is 5.69 Å². The summed E-state index contributed by atoms with van der Waals surface area (Å²) in [6, 6.07) is 5.27. The average Bonchev–Trinajstić information content (AvgIpc) is 3.09. The van der Waals surface area contributed by atoms with Crippen LogP contribution in [0.3, 0.4) is 0 Å². The quantitative estimate of drug-likeness (QED) is 0.448. The second-order valence-corrected chi connectivity index (χ2v) is 7.41. The van der Waals surface area contributed by atoms with Gasteiger partial charge in [-0.3, -0.25) is 5.32 Å². The number of benzene rings is 1. The minimum Gasteiger partial charge on any atom is -0.334 e. The molecule has 0 radical (unpaired) electrons. The molecule has 1 aromatic carbocycles. The molecule has 0 saturated carbocycles. The maximum atomic E-state index is 13.1. The summed E-state index contributed by atoms with van der Waals surface area (Å²) in [7, 11) is 0. The van der Waals surface area contributed by atoms with Gasteiger partial charge >= 0.3 is 11.7 Å². The van der Waals surface area contributed by atoms with Crippen LogP contribution < -0.4 is 16.3 Å². The number of nitrogens with zero attached hydrogens (tertiary/aromatic N) is 2. The molecule has 2 aromatic heterocycles. The lowest BCUT2D eigenvalue weighted by molar-refractivity contribution is 0.251. The van der Waals surface area contributed by atoms with E-state index in [9.17, 15) is 22.7 Å². The van der Waals surface area contributed by atoms with E-state index in [4.69, 9.17) is 0 Å². The summed E-state index contributed by atoms with van der Waals surface area (Å²) in [4.78, 5) is 33.1. The van der Waals surface area contributed by atoms with Crippen LogP contribution in [0.25, 0.3) is 0 Å². The van der Waals surface area contributed by atoms with Crippen molar-refractivity contribution >= 4 is 33.6 Å². The Kier molecular flexibility index (Phi) is 6.23. The first-order valence-electron chi connectivity index (χ1n) is 7.81. The van der Waals surface area contributed by atoms with E-state index in [1.165, 1.54) is 36.0 Å². The van der Waals surface area contributed by atoms with Crippen molar-refractivity contribution in [1.29, 1.82) is 0 Å². The van der Waals surface area contributed by atoms with Gasteiger partial charge in [-0.2, -0.15) is 0 Å². The number of carbonyl (C=O) groups is 1. The molecule has 2 atom stereocenters. The lowest BCUT2D eigenvalue weighted by Crippen LogP contribution is -2.28. The van der Waals surface area contributed by atoms with Crippen LogP contribution in [0.4, 0.5) is 14.3 Å². The molecule has 28 heavy (non-hydrogen) atoms. The number of nitrogens with one attached hydrogen (secondary N) is 3. The molecule has 9 nitrogen and oxygen atoms in total. The van der Waals surface area contributed by atoms with Gasteiger partial charge in [-0.05, 0) is 17.7 Å². The van der Waals surface area contributed by atoms with Gasteiger partial charge in [0.15, 0.2) is 16.2 Å². The zero-order valence-electron chi connectivity index (χ0n) is 14.1. The molecule has 3 aromatic rings. The van der Waals surface area contributed by atoms with Crippen LogP contribution in [0.2, 0.25) is 0 Å². The predicted molar refractivity (Wildman–Crippen MR) is 102 cm³/mol. The van der Waals surface area contributed by atoms with Gasteiger partial charge in [0.1, 0.15) is 11.1 Å². The number of carbonyl (C=O) groups excluding carboxylic acids is 1. The van der Waals surface area contributed by atoms with E-state index in [1.807, 2.05) is 0 Å². The van der Waals surface area contributed by atoms with Crippen LogP contribution in [0, 0.1) is 5.82 Å². The number of H-pyrrole nitrogens is 1. The number of aromatic nitrogens is 3. The van der Waals surface area contributed by atoms with Crippen molar-refractivity contribution in [3.05, 3.63) is 75.2 Å². The first-order valence-corrected chi connectivity index (χ1v) is 9.86. The van der Waals surface area contributed by atoms with Crippen molar-refractivity contribution < 1.29 is 17.9 Å². The highest BCUT2D eigenvalue weighted by Crippen LogP contribution is 2.29. The number of hydrogen-bond donors (Lipinski definition) is 4. The van der Waals surface area contributed by atoms with E-state index < -0.39 is 33.9 Å². The van der Waals surface area contributed by atoms with Gasteiger partial charge in [-0.25, -0.2) is 28.2 Å². The lowest BCUT2D eigenvalue weighted by Gasteiger charge is -2.09. The van der Waals surface area contributed by atoms with Gasteiger partial charge in [-0.15, -0.1) is 11.3 Å². The zero-order chi connectivity index (χ0) is 20.1. The summed E-state index contributed by atoms with van der Waals surface area (Å²) < 4.78 is 34.5. The molecule has 0 aliphatic heterocycles. The Morgan fingerprint density at radius 3 is 2.93 bits per heavy atom. The van der Waals surface area contributed by atoms with Gasteiger partial charge in [-0.1, -0.05) is 12.1 Å². The Bertz CT molecular complexity index is 1050. The van der Waals surface area contributed by atoms with Crippen LogP contribution in [-0.2, 0) is 17.6 Å². The molecule has 0 bridgehead atoms. The fraction of sp³-hybridized carbons (Fsp3) is 0.125. The molecule has 0 spiro atoms. The molecular formula is C16H14FN5O4S2. The molecule has 12 heteroatoms. The van der Waals surface area contributed by atoms with E-state index in [2.05, 4.69) is 25.6 Å². The van der Waals surface area contributed by atoms with E-state index in [0.29, 0.717) is 11.1 Å². The van der Waals surface area contributed by atoms with Gasteiger partial charge in [0, 0.05) is 29.9 Å². The standard InChI is InChI=1S/C16H14FN5O4S2/c17-11-3-1-2-9(4-11)5-18-15(24)22-16-21-12(8-27-16)13(28(25)26)10-6-19-14(23)20-7-10/h1-4,6-8,13H,5H2,(H,25,26)(H,19,20,23)(H2,18,21,22,24). The van der Waals surface area contributed by atoms with Crippen molar-refractivity contribution in [2.75, 3.05) is 5.32 Å². The number of thiazole rings is 1. The van der Waals surface area contributed by atoms with Crippen LogP contribution in [0.15, 0.2) is 46.8 Å². The fourth-order valence-electron chi connectivity index (χ4n) is 2.32. The van der Waals surface area contributed by atoms with Crippen molar-refractivity contribution in [3.63, 3.8) is 0 Å². The average molecular weight is 423 g/mol. The normalized spacial score (nSPS) is 12.9. The number of halogens is 1. The maximum absolute atomic E-state index is 13.1. The maximum Gasteiger partial charge on any atom is 0.344 e. The second-order valence-electron chi connectivity index (χ2n) is 5.52. The smallest absolute Gasteiger partial charge is 0.334 e. The number of urea groups is 1. The monoisotopic (exact) mass is 423 g/mol. The molecule has 0 saturated heterocycles. The number of amides is 2.